The molecule has 1 heterocycles. The molecule has 0 saturated carbocycles. The molecule has 1 fully saturated rings. The van der Waals surface area contributed by atoms with Crippen molar-refractivity contribution in [2.45, 2.75) is 19.4 Å². The van der Waals surface area contributed by atoms with Gasteiger partial charge < -0.3 is 4.74 Å². The third-order valence-electron chi connectivity index (χ3n) is 3.05. The van der Waals surface area contributed by atoms with Gasteiger partial charge in [0.05, 0.1) is 5.69 Å². The second-order valence-electron chi connectivity index (χ2n) is 4.21. The molecule has 1 aliphatic heterocycles. The second kappa shape index (κ2) is 5.35. The van der Waals surface area contributed by atoms with Gasteiger partial charge >= 0.3 is 0 Å². The Labute approximate surface area is 101 Å². The SMILES string of the molecule is CCN1CCC(Oc2ccc(N(O)O)cc2)C1. The molecule has 1 aliphatic rings. The van der Waals surface area contributed by atoms with E-state index in [0.29, 0.717) is 5.69 Å². The predicted molar refractivity (Wildman–Crippen MR) is 63.6 cm³/mol. The first-order valence-electron chi connectivity index (χ1n) is 5.86. The van der Waals surface area contributed by atoms with E-state index < -0.39 is 0 Å². The van der Waals surface area contributed by atoms with E-state index in [9.17, 15) is 0 Å². The van der Waals surface area contributed by atoms with Gasteiger partial charge in [-0.25, -0.2) is 0 Å². The first kappa shape index (κ1) is 12.2. The standard InChI is InChI=1S/C12H18N2O3/c1-2-13-8-7-12(9-13)17-11-5-3-10(4-6-11)14(15)16/h3-6,12,15-16H,2,7-9H2,1H3. The van der Waals surface area contributed by atoms with Crippen molar-refractivity contribution in [1.29, 1.82) is 0 Å². The largest absolute Gasteiger partial charge is 0.489 e. The molecule has 17 heavy (non-hydrogen) atoms. The Morgan fingerprint density at radius 3 is 2.59 bits per heavy atom. The Balaban J connectivity index is 1.91. The van der Waals surface area contributed by atoms with Crippen molar-refractivity contribution in [2.75, 3.05) is 24.9 Å². The van der Waals surface area contributed by atoms with E-state index in [-0.39, 0.29) is 11.3 Å². The van der Waals surface area contributed by atoms with Crippen LogP contribution in [0.4, 0.5) is 5.69 Å². The van der Waals surface area contributed by atoms with Crippen molar-refractivity contribution in [3.63, 3.8) is 0 Å². The van der Waals surface area contributed by atoms with Crippen LogP contribution in [-0.4, -0.2) is 41.1 Å². The second-order valence-corrected chi connectivity index (χ2v) is 4.21. The number of nitrogens with zero attached hydrogens (tertiary/aromatic N) is 2. The highest BCUT2D eigenvalue weighted by Crippen LogP contribution is 2.21. The predicted octanol–water partition coefficient (Wildman–Crippen LogP) is 1.74. The molecule has 5 nitrogen and oxygen atoms in total. The highest BCUT2D eigenvalue weighted by molar-refractivity contribution is 5.44. The van der Waals surface area contributed by atoms with Crippen molar-refractivity contribution < 1.29 is 15.2 Å². The molecule has 2 rings (SSSR count). The number of hydrogen-bond acceptors (Lipinski definition) is 5. The molecule has 1 atom stereocenters. The molecule has 0 amide bonds. The number of likely N-dealkylation sites (N-methyl/N-ethyl adjacent to an activating group) is 1. The number of ether oxygens (including phenoxy) is 1. The van der Waals surface area contributed by atoms with Crippen molar-refractivity contribution in [3.05, 3.63) is 24.3 Å². The van der Waals surface area contributed by atoms with Crippen LogP contribution in [0.3, 0.4) is 0 Å². The summed E-state index contributed by atoms with van der Waals surface area (Å²) in [4.78, 5) is 2.35. The van der Waals surface area contributed by atoms with Gasteiger partial charge in [-0.3, -0.25) is 15.3 Å². The van der Waals surface area contributed by atoms with Crippen LogP contribution in [0.25, 0.3) is 0 Å². The van der Waals surface area contributed by atoms with E-state index in [1.165, 1.54) is 0 Å². The van der Waals surface area contributed by atoms with Gasteiger partial charge in [-0.15, -0.1) is 5.23 Å². The molecule has 0 aliphatic carbocycles. The monoisotopic (exact) mass is 238 g/mol. The minimum Gasteiger partial charge on any atom is -0.489 e. The Kier molecular flexibility index (Phi) is 3.83. The van der Waals surface area contributed by atoms with E-state index in [1.54, 1.807) is 24.3 Å². The van der Waals surface area contributed by atoms with E-state index in [0.717, 1.165) is 31.8 Å². The first-order chi connectivity index (χ1) is 8.19. The highest BCUT2D eigenvalue weighted by atomic mass is 16.8. The van der Waals surface area contributed by atoms with Crippen LogP contribution < -0.4 is 9.96 Å². The van der Waals surface area contributed by atoms with E-state index in [2.05, 4.69) is 11.8 Å². The Bertz CT molecular complexity index is 353. The molecule has 1 aromatic rings. The summed E-state index contributed by atoms with van der Waals surface area (Å²) in [5.41, 5.74) is 0.318. The molecule has 0 aromatic heterocycles. The first-order valence-corrected chi connectivity index (χ1v) is 5.86. The molecular weight excluding hydrogens is 220 g/mol. The van der Waals surface area contributed by atoms with Crippen LogP contribution in [0.2, 0.25) is 0 Å². The van der Waals surface area contributed by atoms with Crippen molar-refractivity contribution in [2.24, 2.45) is 0 Å². The summed E-state index contributed by atoms with van der Waals surface area (Å²) in [6.07, 6.45) is 1.28. The van der Waals surface area contributed by atoms with E-state index in [4.69, 9.17) is 15.2 Å². The fourth-order valence-corrected chi connectivity index (χ4v) is 2.03. The van der Waals surface area contributed by atoms with Gasteiger partial charge in [-0.05, 0) is 37.2 Å². The minimum absolute atomic E-state index is 0.0954. The summed E-state index contributed by atoms with van der Waals surface area (Å²) >= 11 is 0. The van der Waals surface area contributed by atoms with Crippen molar-refractivity contribution in [1.82, 2.24) is 4.90 Å². The molecule has 2 N–H and O–H groups in total. The molecular formula is C12H18N2O3. The van der Waals surface area contributed by atoms with Gasteiger partial charge in [0.2, 0.25) is 0 Å². The lowest BCUT2D eigenvalue weighted by Gasteiger charge is -2.15. The van der Waals surface area contributed by atoms with Crippen LogP contribution in [-0.2, 0) is 0 Å². The van der Waals surface area contributed by atoms with Crippen molar-refractivity contribution >= 4 is 5.69 Å². The zero-order chi connectivity index (χ0) is 12.3. The van der Waals surface area contributed by atoms with Gasteiger partial charge in [0, 0.05) is 13.1 Å². The van der Waals surface area contributed by atoms with Gasteiger partial charge in [-0.1, -0.05) is 6.92 Å². The summed E-state index contributed by atoms with van der Waals surface area (Å²) in [5, 5.41) is 17.7. The summed E-state index contributed by atoms with van der Waals surface area (Å²) in [6.45, 7) is 5.25. The van der Waals surface area contributed by atoms with Crippen LogP contribution >= 0.6 is 0 Å². The topological polar surface area (TPSA) is 56.2 Å². The van der Waals surface area contributed by atoms with E-state index in [1.807, 2.05) is 0 Å². The lowest BCUT2D eigenvalue weighted by molar-refractivity contribution is 0.0291. The molecule has 1 aromatic carbocycles. The summed E-state index contributed by atoms with van der Waals surface area (Å²) in [5.74, 6) is 0.763. The zero-order valence-corrected chi connectivity index (χ0v) is 9.91. The van der Waals surface area contributed by atoms with Gasteiger partial charge in [0.15, 0.2) is 0 Å². The van der Waals surface area contributed by atoms with Gasteiger partial charge in [0.1, 0.15) is 11.9 Å². The van der Waals surface area contributed by atoms with Crippen LogP contribution in [0, 0.1) is 0 Å². The van der Waals surface area contributed by atoms with Crippen LogP contribution in [0.1, 0.15) is 13.3 Å². The zero-order valence-electron chi connectivity index (χ0n) is 9.91. The summed E-state index contributed by atoms with van der Waals surface area (Å²) in [6, 6.07) is 6.68. The number of anilines is 1. The third-order valence-corrected chi connectivity index (χ3v) is 3.05. The smallest absolute Gasteiger partial charge is 0.119 e. The van der Waals surface area contributed by atoms with Gasteiger partial charge in [-0.2, -0.15) is 0 Å². The molecule has 94 valence electrons. The van der Waals surface area contributed by atoms with Crippen LogP contribution in [0.15, 0.2) is 24.3 Å². The van der Waals surface area contributed by atoms with Crippen LogP contribution in [0.5, 0.6) is 5.75 Å². The van der Waals surface area contributed by atoms with E-state index >= 15 is 0 Å². The lowest BCUT2D eigenvalue weighted by atomic mass is 10.3. The maximum atomic E-state index is 8.81. The number of benzene rings is 1. The summed E-state index contributed by atoms with van der Waals surface area (Å²) in [7, 11) is 0. The molecule has 1 unspecified atom stereocenters. The van der Waals surface area contributed by atoms with Crippen molar-refractivity contribution in [3.8, 4) is 5.75 Å². The molecule has 0 bridgehead atoms. The Morgan fingerprint density at radius 1 is 1.35 bits per heavy atom. The Hall–Kier alpha value is -1.30. The average Bonchev–Trinajstić information content (AvgIpc) is 2.77. The summed E-state index contributed by atoms with van der Waals surface area (Å²) < 4.78 is 5.82. The fraction of sp³-hybridized carbons (Fsp3) is 0.500. The molecule has 5 heteroatoms. The quantitative estimate of drug-likeness (QED) is 0.783. The maximum Gasteiger partial charge on any atom is 0.119 e. The highest BCUT2D eigenvalue weighted by Gasteiger charge is 2.22. The van der Waals surface area contributed by atoms with Gasteiger partial charge in [0.25, 0.3) is 0 Å². The fourth-order valence-electron chi connectivity index (χ4n) is 2.03. The number of hydrogen-bond donors (Lipinski definition) is 2. The Morgan fingerprint density at radius 2 is 2.06 bits per heavy atom. The molecule has 0 radical (unpaired) electrons. The third kappa shape index (κ3) is 3.09. The average molecular weight is 238 g/mol. The minimum atomic E-state index is 0.0954. The molecule has 0 spiro atoms. The number of likely N-dealkylation sites (tertiary alicyclic amines) is 1. The lowest BCUT2D eigenvalue weighted by Crippen LogP contribution is -2.24. The normalized spacial score (nSPS) is 20.5. The number of rotatable bonds is 4. The maximum absolute atomic E-state index is 8.81. The molecule has 1 saturated heterocycles.